The van der Waals surface area contributed by atoms with Crippen LogP contribution >= 0.6 is 11.6 Å². The maximum atomic E-state index is 13.4. The van der Waals surface area contributed by atoms with Crippen molar-refractivity contribution in [2.45, 2.75) is 57.9 Å². The molecule has 1 fully saturated rings. The highest BCUT2D eigenvalue weighted by Crippen LogP contribution is 2.33. The second-order valence-corrected chi connectivity index (χ2v) is 9.21. The first-order valence-corrected chi connectivity index (χ1v) is 10.7. The van der Waals surface area contributed by atoms with Gasteiger partial charge in [0.05, 0.1) is 5.56 Å². The molecular formula is C23H26ClF3N2O3. The Morgan fingerprint density at radius 3 is 2.31 bits per heavy atom. The molecule has 174 valence electrons. The minimum absolute atomic E-state index is 0.0699. The predicted molar refractivity (Wildman–Crippen MR) is 115 cm³/mol. The van der Waals surface area contributed by atoms with Crippen LogP contribution in [-0.2, 0) is 17.3 Å². The Morgan fingerprint density at radius 1 is 1.12 bits per heavy atom. The minimum Gasteiger partial charge on any atom is -0.474 e. The van der Waals surface area contributed by atoms with Gasteiger partial charge in [-0.05, 0) is 44.5 Å². The van der Waals surface area contributed by atoms with Crippen molar-refractivity contribution >= 4 is 17.7 Å². The summed E-state index contributed by atoms with van der Waals surface area (Å²) < 4.78 is 51.5. The van der Waals surface area contributed by atoms with Gasteiger partial charge in [-0.15, -0.1) is 0 Å². The number of rotatable bonds is 4. The van der Waals surface area contributed by atoms with Crippen LogP contribution in [0.3, 0.4) is 0 Å². The van der Waals surface area contributed by atoms with Crippen LogP contribution < -0.4 is 4.74 Å². The molecule has 3 rings (SSSR count). The Morgan fingerprint density at radius 2 is 1.75 bits per heavy atom. The number of ether oxygens (including phenoxy) is 2. The second-order valence-electron chi connectivity index (χ2n) is 8.77. The lowest BCUT2D eigenvalue weighted by Crippen LogP contribution is -2.44. The molecule has 0 unspecified atom stereocenters. The van der Waals surface area contributed by atoms with E-state index in [1.807, 2.05) is 0 Å². The van der Waals surface area contributed by atoms with E-state index in [0.717, 1.165) is 17.7 Å². The molecule has 1 aromatic carbocycles. The van der Waals surface area contributed by atoms with Crippen LogP contribution in [0.5, 0.6) is 5.88 Å². The second kappa shape index (κ2) is 9.57. The van der Waals surface area contributed by atoms with Gasteiger partial charge in [0.15, 0.2) is 0 Å². The number of hydrogen-bond acceptors (Lipinski definition) is 4. The number of amides is 1. The molecule has 0 radical (unpaired) electrons. The standard InChI is InChI=1S/C23H26ClF3N2O3/c1-22(2,3)32-21(30)29-10-8-19(9-11-29)31-20-14-16(23(25,26)27)13-18(28-20)12-15-4-6-17(24)7-5-15/h4-7,13-14,19H,8-12H2,1-3H3. The van der Waals surface area contributed by atoms with Crippen molar-refractivity contribution in [1.82, 2.24) is 9.88 Å². The monoisotopic (exact) mass is 470 g/mol. The van der Waals surface area contributed by atoms with Crippen LogP contribution in [0.25, 0.3) is 0 Å². The van der Waals surface area contributed by atoms with Crippen LogP contribution in [0.1, 0.15) is 50.4 Å². The van der Waals surface area contributed by atoms with E-state index in [1.54, 1.807) is 49.9 Å². The van der Waals surface area contributed by atoms with Crippen molar-refractivity contribution in [2.75, 3.05) is 13.1 Å². The summed E-state index contributed by atoms with van der Waals surface area (Å²) in [7, 11) is 0. The van der Waals surface area contributed by atoms with Gasteiger partial charge >= 0.3 is 12.3 Å². The summed E-state index contributed by atoms with van der Waals surface area (Å²) in [5.74, 6) is -0.0699. The van der Waals surface area contributed by atoms with Gasteiger partial charge in [-0.1, -0.05) is 23.7 Å². The molecule has 0 spiro atoms. The van der Waals surface area contributed by atoms with E-state index in [1.165, 1.54) is 0 Å². The zero-order valence-corrected chi connectivity index (χ0v) is 19.0. The van der Waals surface area contributed by atoms with Gasteiger partial charge in [0.2, 0.25) is 5.88 Å². The molecule has 0 N–H and O–H groups in total. The average Bonchev–Trinajstić information content (AvgIpc) is 2.68. The van der Waals surface area contributed by atoms with Crippen LogP contribution in [0.15, 0.2) is 36.4 Å². The van der Waals surface area contributed by atoms with E-state index in [2.05, 4.69) is 4.98 Å². The topological polar surface area (TPSA) is 51.7 Å². The lowest BCUT2D eigenvalue weighted by molar-refractivity contribution is -0.137. The number of carbonyl (C=O) groups is 1. The molecule has 1 saturated heterocycles. The van der Waals surface area contributed by atoms with Gasteiger partial charge in [0.25, 0.3) is 0 Å². The van der Waals surface area contributed by atoms with Gasteiger partial charge in [-0.3, -0.25) is 0 Å². The zero-order chi connectivity index (χ0) is 23.5. The highest BCUT2D eigenvalue weighted by molar-refractivity contribution is 6.30. The lowest BCUT2D eigenvalue weighted by atomic mass is 10.1. The number of alkyl halides is 3. The summed E-state index contributed by atoms with van der Waals surface area (Å²) in [4.78, 5) is 18.1. The molecular weight excluding hydrogens is 445 g/mol. The highest BCUT2D eigenvalue weighted by atomic mass is 35.5. The van der Waals surface area contributed by atoms with Crippen LogP contribution in [0.2, 0.25) is 5.02 Å². The Bertz CT molecular complexity index is 935. The summed E-state index contributed by atoms with van der Waals surface area (Å²) in [6.45, 7) is 6.18. The third-order valence-electron chi connectivity index (χ3n) is 4.86. The van der Waals surface area contributed by atoms with Gasteiger partial charge in [0.1, 0.15) is 11.7 Å². The quantitative estimate of drug-likeness (QED) is 0.540. The number of halogens is 4. The molecule has 0 bridgehead atoms. The molecule has 1 aliphatic heterocycles. The fourth-order valence-electron chi connectivity index (χ4n) is 3.34. The number of pyridine rings is 1. The fraction of sp³-hybridized carbons (Fsp3) is 0.478. The predicted octanol–water partition coefficient (Wildman–Crippen LogP) is 6.12. The van der Waals surface area contributed by atoms with Crippen LogP contribution in [0.4, 0.5) is 18.0 Å². The van der Waals surface area contributed by atoms with E-state index in [4.69, 9.17) is 21.1 Å². The summed E-state index contributed by atoms with van der Waals surface area (Å²) >= 11 is 5.88. The van der Waals surface area contributed by atoms with E-state index in [9.17, 15) is 18.0 Å². The van der Waals surface area contributed by atoms with E-state index < -0.39 is 23.4 Å². The number of benzene rings is 1. The molecule has 1 aliphatic rings. The molecule has 0 aliphatic carbocycles. The van der Waals surface area contributed by atoms with Crippen LogP contribution in [0, 0.1) is 0 Å². The third kappa shape index (κ3) is 7.02. The molecule has 0 saturated carbocycles. The summed E-state index contributed by atoms with van der Waals surface area (Å²) in [6, 6.07) is 8.81. The first-order valence-electron chi connectivity index (χ1n) is 10.4. The molecule has 1 amide bonds. The molecule has 2 heterocycles. The van der Waals surface area contributed by atoms with E-state index in [-0.39, 0.29) is 24.1 Å². The number of hydrogen-bond donors (Lipinski definition) is 0. The smallest absolute Gasteiger partial charge is 0.416 e. The Hall–Kier alpha value is -2.48. The first-order chi connectivity index (χ1) is 14.9. The number of aromatic nitrogens is 1. The SMILES string of the molecule is CC(C)(C)OC(=O)N1CCC(Oc2cc(C(F)(F)F)cc(Cc3ccc(Cl)cc3)n2)CC1. The third-order valence-corrected chi connectivity index (χ3v) is 5.11. The minimum atomic E-state index is -4.52. The van der Waals surface area contributed by atoms with E-state index in [0.29, 0.717) is 31.0 Å². The summed E-state index contributed by atoms with van der Waals surface area (Å²) in [5.41, 5.74) is -0.355. The molecule has 0 atom stereocenters. The number of likely N-dealkylation sites (tertiary alicyclic amines) is 1. The van der Waals surface area contributed by atoms with Crippen molar-refractivity contribution in [3.05, 3.63) is 58.2 Å². The number of piperidine rings is 1. The van der Waals surface area contributed by atoms with Crippen molar-refractivity contribution in [3.63, 3.8) is 0 Å². The van der Waals surface area contributed by atoms with Crippen molar-refractivity contribution in [1.29, 1.82) is 0 Å². The van der Waals surface area contributed by atoms with Crippen molar-refractivity contribution in [3.8, 4) is 5.88 Å². The molecule has 1 aromatic heterocycles. The molecule has 9 heteroatoms. The molecule has 5 nitrogen and oxygen atoms in total. The van der Waals surface area contributed by atoms with Crippen molar-refractivity contribution in [2.24, 2.45) is 0 Å². The lowest BCUT2D eigenvalue weighted by Gasteiger charge is -2.33. The normalized spacial score (nSPS) is 15.5. The van der Waals surface area contributed by atoms with Crippen molar-refractivity contribution < 1.29 is 27.4 Å². The van der Waals surface area contributed by atoms with Gasteiger partial charge < -0.3 is 14.4 Å². The van der Waals surface area contributed by atoms with Gasteiger partial charge in [-0.25, -0.2) is 9.78 Å². The van der Waals surface area contributed by atoms with Gasteiger partial charge in [-0.2, -0.15) is 13.2 Å². The Kier molecular flexibility index (Phi) is 7.22. The van der Waals surface area contributed by atoms with Crippen LogP contribution in [-0.4, -0.2) is 40.8 Å². The van der Waals surface area contributed by atoms with Gasteiger partial charge in [0, 0.05) is 49.1 Å². The maximum absolute atomic E-state index is 13.4. The first kappa shape index (κ1) is 24.2. The zero-order valence-electron chi connectivity index (χ0n) is 18.2. The maximum Gasteiger partial charge on any atom is 0.416 e. The Labute approximate surface area is 190 Å². The number of nitrogens with zero attached hydrogens (tertiary/aromatic N) is 2. The Balaban J connectivity index is 1.69. The molecule has 32 heavy (non-hydrogen) atoms. The fourth-order valence-corrected chi connectivity index (χ4v) is 3.47. The average molecular weight is 471 g/mol. The largest absolute Gasteiger partial charge is 0.474 e. The summed E-state index contributed by atoms with van der Waals surface area (Å²) in [6.07, 6.45) is -4.09. The molecule has 2 aromatic rings. The highest BCUT2D eigenvalue weighted by Gasteiger charge is 2.33. The van der Waals surface area contributed by atoms with E-state index >= 15 is 0 Å². The summed E-state index contributed by atoms with van der Waals surface area (Å²) in [5, 5.41) is 0.549. The number of carbonyl (C=O) groups excluding carboxylic acids is 1.